The zero-order valence-electron chi connectivity index (χ0n) is 12.7. The Morgan fingerprint density at radius 1 is 1.00 bits per heavy atom. The second-order valence-electron chi connectivity index (χ2n) is 6.43. The molecule has 0 heterocycles. The first-order valence-electron chi connectivity index (χ1n) is 7.32. The Morgan fingerprint density at radius 2 is 1.65 bits per heavy atom. The molecule has 1 aliphatic carbocycles. The number of carbonyl (C=O) groups is 1. The minimum Gasteiger partial charge on any atom is -0.348 e. The molecular formula is C18H16Cl3NO. The normalized spacial score (nSPS) is 21.8. The molecule has 120 valence electrons. The number of benzene rings is 2. The Kier molecular flexibility index (Phi) is 4.35. The molecule has 0 radical (unpaired) electrons. The number of hydrogen-bond donors (Lipinski definition) is 1. The van der Waals surface area contributed by atoms with Crippen LogP contribution in [0, 0.1) is 5.41 Å². The Hall–Kier alpha value is -1.22. The molecule has 0 bridgehead atoms. The van der Waals surface area contributed by atoms with Gasteiger partial charge in [-0.1, -0.05) is 60.8 Å². The fourth-order valence-corrected chi connectivity index (χ4v) is 3.49. The number of hydrogen-bond acceptors (Lipinski definition) is 1. The van der Waals surface area contributed by atoms with Crippen molar-refractivity contribution in [2.45, 2.75) is 25.8 Å². The average Bonchev–Trinajstić information content (AvgIpc) is 3.03. The zero-order chi connectivity index (χ0) is 16.8. The maximum Gasteiger partial charge on any atom is 0.251 e. The van der Waals surface area contributed by atoms with Crippen LogP contribution in [0.1, 0.15) is 35.7 Å². The molecular weight excluding hydrogens is 353 g/mol. The third-order valence-electron chi connectivity index (χ3n) is 4.52. The summed E-state index contributed by atoms with van der Waals surface area (Å²) in [5.41, 5.74) is 1.69. The number of nitrogens with one attached hydrogen (secondary N) is 1. The van der Waals surface area contributed by atoms with Crippen molar-refractivity contribution in [2.75, 3.05) is 0 Å². The highest BCUT2D eigenvalue weighted by atomic mass is 35.5. The largest absolute Gasteiger partial charge is 0.348 e. The molecule has 0 spiro atoms. The third kappa shape index (κ3) is 3.21. The molecule has 2 nitrogen and oxygen atoms in total. The van der Waals surface area contributed by atoms with Gasteiger partial charge in [0.25, 0.3) is 5.91 Å². The van der Waals surface area contributed by atoms with Crippen molar-refractivity contribution in [3.63, 3.8) is 0 Å². The standard InChI is InChI=1S/C18H16Cl3NO/c1-18(2)15(10-3-6-12(19)7-4-10)16(18)22-17(23)11-5-8-13(20)14(21)9-11/h3-9,15-16H,1-2H3,(H,22,23)/t15-,16-/m1/s1. The summed E-state index contributed by atoms with van der Waals surface area (Å²) in [5, 5.41) is 4.63. The van der Waals surface area contributed by atoms with Gasteiger partial charge >= 0.3 is 0 Å². The first-order chi connectivity index (χ1) is 10.8. The summed E-state index contributed by atoms with van der Waals surface area (Å²) in [4.78, 5) is 12.4. The van der Waals surface area contributed by atoms with E-state index in [1.807, 2.05) is 24.3 Å². The van der Waals surface area contributed by atoms with Crippen LogP contribution in [0.25, 0.3) is 0 Å². The highest BCUT2D eigenvalue weighted by molar-refractivity contribution is 6.42. The van der Waals surface area contributed by atoms with Crippen molar-refractivity contribution < 1.29 is 4.79 Å². The number of halogens is 3. The van der Waals surface area contributed by atoms with E-state index in [1.54, 1.807) is 18.2 Å². The van der Waals surface area contributed by atoms with Gasteiger partial charge in [0.15, 0.2) is 0 Å². The van der Waals surface area contributed by atoms with Crippen LogP contribution in [0.3, 0.4) is 0 Å². The highest BCUT2D eigenvalue weighted by Gasteiger charge is 2.59. The van der Waals surface area contributed by atoms with E-state index in [0.717, 1.165) is 0 Å². The van der Waals surface area contributed by atoms with Crippen molar-refractivity contribution >= 4 is 40.7 Å². The predicted molar refractivity (Wildman–Crippen MR) is 95.7 cm³/mol. The summed E-state index contributed by atoms with van der Waals surface area (Å²) < 4.78 is 0. The van der Waals surface area contributed by atoms with Crippen molar-refractivity contribution in [3.05, 3.63) is 68.7 Å². The molecule has 2 aromatic rings. The van der Waals surface area contributed by atoms with Crippen LogP contribution in [0.5, 0.6) is 0 Å². The topological polar surface area (TPSA) is 29.1 Å². The van der Waals surface area contributed by atoms with E-state index < -0.39 is 0 Å². The molecule has 0 saturated heterocycles. The van der Waals surface area contributed by atoms with Gasteiger partial charge < -0.3 is 5.32 Å². The minimum atomic E-state index is -0.141. The van der Waals surface area contributed by atoms with E-state index in [1.165, 1.54) is 5.56 Å². The maximum atomic E-state index is 12.4. The summed E-state index contributed by atoms with van der Waals surface area (Å²) in [6.45, 7) is 4.29. The molecule has 1 saturated carbocycles. The SMILES string of the molecule is CC1(C)[C@H](NC(=O)c2ccc(Cl)c(Cl)c2)[C@H]1c1ccc(Cl)cc1. The molecule has 2 atom stereocenters. The Balaban J connectivity index is 1.76. The smallest absolute Gasteiger partial charge is 0.251 e. The summed E-state index contributed by atoms with van der Waals surface area (Å²) in [6.07, 6.45) is 0. The van der Waals surface area contributed by atoms with E-state index in [4.69, 9.17) is 34.8 Å². The summed E-state index contributed by atoms with van der Waals surface area (Å²) in [6, 6.07) is 12.8. The second-order valence-corrected chi connectivity index (χ2v) is 7.68. The Bertz CT molecular complexity index is 755. The zero-order valence-corrected chi connectivity index (χ0v) is 15.0. The monoisotopic (exact) mass is 367 g/mol. The fraction of sp³-hybridized carbons (Fsp3) is 0.278. The van der Waals surface area contributed by atoms with Gasteiger partial charge in [0.1, 0.15) is 0 Å². The third-order valence-corrected chi connectivity index (χ3v) is 5.52. The second kappa shape index (κ2) is 6.01. The summed E-state index contributed by atoms with van der Waals surface area (Å²) in [7, 11) is 0. The van der Waals surface area contributed by atoms with Gasteiger partial charge in [-0.15, -0.1) is 0 Å². The van der Waals surface area contributed by atoms with Crippen LogP contribution in [0.2, 0.25) is 15.1 Å². The van der Waals surface area contributed by atoms with Gasteiger partial charge in [0.2, 0.25) is 0 Å². The van der Waals surface area contributed by atoms with Crippen LogP contribution < -0.4 is 5.32 Å². The van der Waals surface area contributed by atoms with Gasteiger partial charge in [-0.2, -0.15) is 0 Å². The quantitative estimate of drug-likeness (QED) is 0.754. The molecule has 1 fully saturated rings. The van der Waals surface area contributed by atoms with Gasteiger partial charge in [-0.05, 0) is 41.3 Å². The predicted octanol–water partition coefficient (Wildman–Crippen LogP) is 5.57. The average molecular weight is 369 g/mol. The summed E-state index contributed by atoms with van der Waals surface area (Å²) >= 11 is 17.8. The Morgan fingerprint density at radius 3 is 2.26 bits per heavy atom. The Labute approximate surface area is 150 Å². The number of carbonyl (C=O) groups excluding carboxylic acids is 1. The van der Waals surface area contributed by atoms with E-state index in [-0.39, 0.29) is 23.3 Å². The molecule has 0 aromatic heterocycles. The molecule has 1 N–H and O–H groups in total. The molecule has 3 rings (SSSR count). The van der Waals surface area contributed by atoms with Crippen molar-refractivity contribution in [1.82, 2.24) is 5.32 Å². The molecule has 1 amide bonds. The van der Waals surface area contributed by atoms with Crippen molar-refractivity contribution in [1.29, 1.82) is 0 Å². The van der Waals surface area contributed by atoms with Crippen LogP contribution >= 0.6 is 34.8 Å². The van der Waals surface area contributed by atoms with Crippen LogP contribution in [-0.2, 0) is 0 Å². The van der Waals surface area contributed by atoms with Gasteiger partial charge in [-0.3, -0.25) is 4.79 Å². The van der Waals surface area contributed by atoms with E-state index in [9.17, 15) is 4.79 Å². The molecule has 0 aliphatic heterocycles. The molecule has 2 aromatic carbocycles. The van der Waals surface area contributed by atoms with Crippen LogP contribution in [-0.4, -0.2) is 11.9 Å². The van der Waals surface area contributed by atoms with Gasteiger partial charge in [0, 0.05) is 22.5 Å². The lowest BCUT2D eigenvalue weighted by Gasteiger charge is -2.07. The van der Waals surface area contributed by atoms with Crippen molar-refractivity contribution in [2.24, 2.45) is 5.41 Å². The van der Waals surface area contributed by atoms with E-state index in [0.29, 0.717) is 20.6 Å². The molecule has 5 heteroatoms. The lowest BCUT2D eigenvalue weighted by molar-refractivity contribution is 0.0946. The first kappa shape index (κ1) is 16.6. The van der Waals surface area contributed by atoms with Gasteiger partial charge in [0.05, 0.1) is 10.0 Å². The molecule has 23 heavy (non-hydrogen) atoms. The minimum absolute atomic E-state index is 0.000288. The van der Waals surface area contributed by atoms with Crippen LogP contribution in [0.15, 0.2) is 42.5 Å². The molecule has 1 aliphatic rings. The van der Waals surface area contributed by atoms with Crippen LogP contribution in [0.4, 0.5) is 0 Å². The van der Waals surface area contributed by atoms with E-state index >= 15 is 0 Å². The van der Waals surface area contributed by atoms with Gasteiger partial charge in [-0.25, -0.2) is 0 Å². The lowest BCUT2D eigenvalue weighted by atomic mass is 10.0. The number of amides is 1. The first-order valence-corrected chi connectivity index (χ1v) is 8.45. The summed E-state index contributed by atoms with van der Waals surface area (Å²) in [5.74, 6) is 0.129. The van der Waals surface area contributed by atoms with Crippen molar-refractivity contribution in [3.8, 4) is 0 Å². The molecule has 0 unspecified atom stereocenters. The highest BCUT2D eigenvalue weighted by Crippen LogP contribution is 2.58. The lowest BCUT2D eigenvalue weighted by Crippen LogP contribution is -2.28. The van der Waals surface area contributed by atoms with E-state index in [2.05, 4.69) is 19.2 Å². The maximum absolute atomic E-state index is 12.4. The number of rotatable bonds is 3. The fourth-order valence-electron chi connectivity index (χ4n) is 3.06.